The molecule has 50 heavy (non-hydrogen) atoms. The molecule has 0 bridgehead atoms. The molecule has 11 heteroatoms. The number of halogens is 2. The number of nitriles is 1. The first-order valence-electron chi connectivity index (χ1n) is 16.4. The van der Waals surface area contributed by atoms with Crippen molar-refractivity contribution < 1.29 is 23.5 Å². The second-order valence-electron chi connectivity index (χ2n) is 12.4. The molecule has 4 aromatic carbocycles. The molecule has 2 aliphatic heterocycles. The lowest BCUT2D eigenvalue weighted by molar-refractivity contribution is 0.101. The minimum Gasteiger partial charge on any atom is -0.494 e. The Morgan fingerprint density at radius 3 is 1.78 bits per heavy atom. The van der Waals surface area contributed by atoms with Crippen LogP contribution in [0.4, 0.5) is 15.8 Å². The highest BCUT2D eigenvalue weighted by Gasteiger charge is 2.17. The number of hydrogen-bond donors (Lipinski definition) is 2. The molecule has 0 aromatic heterocycles. The van der Waals surface area contributed by atoms with Gasteiger partial charge in [0.25, 0.3) is 11.8 Å². The van der Waals surface area contributed by atoms with Gasteiger partial charge in [-0.15, -0.1) is 12.4 Å². The Bertz CT molecular complexity index is 1880. The van der Waals surface area contributed by atoms with Crippen molar-refractivity contribution in [3.05, 3.63) is 118 Å². The molecule has 2 aliphatic rings. The molecule has 6 rings (SSSR count). The fourth-order valence-corrected chi connectivity index (χ4v) is 5.86. The summed E-state index contributed by atoms with van der Waals surface area (Å²) in [5.74, 6) is -0.475. The molecule has 262 valence electrons. The third kappa shape index (κ3) is 9.60. The molecule has 0 aliphatic carbocycles. The number of nitrogens with one attached hydrogen (secondary N) is 2. The molecule has 4 aromatic rings. The molecule has 2 N–H and O–H groups in total. The Balaban J connectivity index is 0.000000222. The van der Waals surface area contributed by atoms with Crippen molar-refractivity contribution in [2.24, 2.45) is 0 Å². The summed E-state index contributed by atoms with van der Waals surface area (Å²) in [5.41, 5.74) is 7.70. The van der Waals surface area contributed by atoms with E-state index >= 15 is 0 Å². The predicted molar refractivity (Wildman–Crippen MR) is 196 cm³/mol. The molecule has 9 nitrogen and oxygen atoms in total. The van der Waals surface area contributed by atoms with Gasteiger partial charge in [-0.05, 0) is 116 Å². The van der Waals surface area contributed by atoms with Crippen molar-refractivity contribution in [2.75, 3.05) is 51.5 Å². The van der Waals surface area contributed by atoms with E-state index in [9.17, 15) is 19.2 Å². The van der Waals surface area contributed by atoms with Crippen molar-refractivity contribution in [1.29, 1.82) is 5.26 Å². The van der Waals surface area contributed by atoms with E-state index in [1.165, 1.54) is 41.5 Å². The smallest absolute Gasteiger partial charge is 0.255 e. The highest BCUT2D eigenvalue weighted by molar-refractivity contribution is 6.05. The molecule has 0 spiro atoms. The van der Waals surface area contributed by atoms with Gasteiger partial charge in [0.2, 0.25) is 0 Å². The van der Waals surface area contributed by atoms with E-state index in [0.29, 0.717) is 23.5 Å². The number of fused-ring (bicyclic) bond motifs is 2. The second kappa shape index (κ2) is 17.6. The van der Waals surface area contributed by atoms with Gasteiger partial charge >= 0.3 is 0 Å². The monoisotopic (exact) mass is 699 g/mol. The van der Waals surface area contributed by atoms with E-state index in [4.69, 9.17) is 9.47 Å². The maximum atomic E-state index is 13.7. The third-order valence-corrected chi connectivity index (χ3v) is 8.57. The summed E-state index contributed by atoms with van der Waals surface area (Å²) in [4.78, 5) is 29.3. The molecule has 2 heterocycles. The molecule has 0 saturated heterocycles. The van der Waals surface area contributed by atoms with Crippen LogP contribution in [0.15, 0.2) is 72.8 Å². The summed E-state index contributed by atoms with van der Waals surface area (Å²) in [5, 5.41) is 15.1. The maximum Gasteiger partial charge on any atom is 0.255 e. The van der Waals surface area contributed by atoms with E-state index in [0.717, 1.165) is 56.8 Å². The number of methoxy groups -OCH3 is 1. The normalized spacial score (nSPS) is 13.6. The van der Waals surface area contributed by atoms with Crippen molar-refractivity contribution in [2.45, 2.75) is 39.3 Å². The largest absolute Gasteiger partial charge is 0.494 e. The van der Waals surface area contributed by atoms with Crippen LogP contribution in [0, 0.1) is 17.1 Å². The van der Waals surface area contributed by atoms with Crippen LogP contribution in [0.2, 0.25) is 0 Å². The van der Waals surface area contributed by atoms with Crippen LogP contribution in [0.1, 0.15) is 61.9 Å². The van der Waals surface area contributed by atoms with Crippen LogP contribution in [0.3, 0.4) is 0 Å². The number of likely N-dealkylation sites (N-methyl/N-ethyl adjacent to an activating group) is 2. The lowest BCUT2D eigenvalue weighted by Crippen LogP contribution is -2.26. The van der Waals surface area contributed by atoms with E-state index in [1.54, 1.807) is 24.3 Å². The van der Waals surface area contributed by atoms with Gasteiger partial charge in [-0.3, -0.25) is 9.59 Å². The number of benzene rings is 4. The number of anilines is 2. The zero-order chi connectivity index (χ0) is 34.9. The average Bonchev–Trinajstić information content (AvgIpc) is 3.10. The summed E-state index contributed by atoms with van der Waals surface area (Å²) in [6, 6.07) is 23.2. The van der Waals surface area contributed by atoms with Crippen LogP contribution >= 0.6 is 12.4 Å². The summed E-state index contributed by atoms with van der Waals surface area (Å²) < 4.78 is 24.1. The number of carbonyl (C=O) groups excluding carboxylic acids is 2. The van der Waals surface area contributed by atoms with Gasteiger partial charge in [0.1, 0.15) is 11.8 Å². The molecule has 2 amide bonds. The van der Waals surface area contributed by atoms with Crippen LogP contribution in [0.25, 0.3) is 0 Å². The van der Waals surface area contributed by atoms with Crippen LogP contribution in [-0.4, -0.2) is 62.5 Å². The van der Waals surface area contributed by atoms with Crippen molar-refractivity contribution in [1.82, 2.24) is 9.80 Å². The summed E-state index contributed by atoms with van der Waals surface area (Å²) in [6.45, 7) is 6.41. The number of hydrogen-bond acceptors (Lipinski definition) is 7. The summed E-state index contributed by atoms with van der Waals surface area (Å²) >= 11 is 0. The fourth-order valence-electron chi connectivity index (χ4n) is 5.86. The summed E-state index contributed by atoms with van der Waals surface area (Å²) in [7, 11) is 5.57. The van der Waals surface area contributed by atoms with Gasteiger partial charge < -0.3 is 29.9 Å². The minimum absolute atomic E-state index is 0. The van der Waals surface area contributed by atoms with Gasteiger partial charge in [0.15, 0.2) is 11.6 Å². The van der Waals surface area contributed by atoms with E-state index in [-0.39, 0.29) is 35.5 Å². The van der Waals surface area contributed by atoms with Gasteiger partial charge in [0, 0.05) is 48.7 Å². The summed E-state index contributed by atoms with van der Waals surface area (Å²) in [6.07, 6.45) is 2.91. The fraction of sp³-hybridized carbons (Fsp3) is 0.308. The molecule has 0 radical (unpaired) electrons. The zero-order valence-corrected chi connectivity index (χ0v) is 29.7. The topological polar surface area (TPSA) is 107 Å². The van der Waals surface area contributed by atoms with Crippen LogP contribution in [0.5, 0.6) is 11.5 Å². The van der Waals surface area contributed by atoms with E-state index in [1.807, 2.05) is 37.3 Å². The quantitative estimate of drug-likeness (QED) is 0.202. The lowest BCUT2D eigenvalue weighted by atomic mass is 9.99. The highest BCUT2D eigenvalue weighted by Crippen LogP contribution is 2.25. The minimum atomic E-state index is -0.549. The van der Waals surface area contributed by atoms with E-state index < -0.39 is 5.82 Å². The Morgan fingerprint density at radius 1 is 0.780 bits per heavy atom. The zero-order valence-electron chi connectivity index (χ0n) is 28.8. The molecule has 0 atom stereocenters. The number of amides is 2. The molecule has 0 fully saturated rings. The molecule has 0 unspecified atom stereocenters. The first-order valence-corrected chi connectivity index (χ1v) is 16.4. The average molecular weight is 700 g/mol. The SMILES string of the molecule is CCCOc1ccc(C(=O)Nc2ccc3c(c2)CN(C)CC3)cc1C#N.COc1ccc(C(=O)Nc2ccc3c(c2)CN(C)CC3)cc1F.Cl. The Kier molecular flexibility index (Phi) is 13.3. The molecule has 0 saturated carbocycles. The lowest BCUT2D eigenvalue weighted by Gasteiger charge is -2.25. The number of ether oxygens (including phenoxy) is 2. The van der Waals surface area contributed by atoms with Gasteiger partial charge in [-0.1, -0.05) is 19.1 Å². The van der Waals surface area contributed by atoms with Gasteiger partial charge in [-0.25, -0.2) is 4.39 Å². The van der Waals surface area contributed by atoms with Gasteiger partial charge in [0.05, 0.1) is 19.3 Å². The first kappa shape index (κ1) is 37.9. The third-order valence-electron chi connectivity index (χ3n) is 8.57. The van der Waals surface area contributed by atoms with Crippen molar-refractivity contribution >= 4 is 35.6 Å². The van der Waals surface area contributed by atoms with E-state index in [2.05, 4.69) is 46.7 Å². The standard InChI is InChI=1S/C21H23N3O2.C18H19FN2O2.ClH/c1-3-10-26-20-7-5-16(11-17(20)13-22)21(25)23-19-6-4-15-8-9-24(2)14-18(15)12-19;1-21-8-7-12-3-5-15(9-14(12)11-21)20-18(22)13-4-6-17(23-2)16(19)10-13;/h4-7,11-12H,3,8-10,14H2,1-2H3,(H,23,25);3-6,9-10H,7-8,11H2,1-2H3,(H,20,22);1H. The predicted octanol–water partition coefficient (Wildman–Crippen LogP) is 7.08. The van der Waals surface area contributed by atoms with Crippen molar-refractivity contribution in [3.8, 4) is 17.6 Å². The molecular formula is C39H43ClFN5O4. The first-order chi connectivity index (χ1) is 23.7. The maximum absolute atomic E-state index is 13.7. The Hall–Kier alpha value is -4.95. The van der Waals surface area contributed by atoms with Crippen LogP contribution in [-0.2, 0) is 25.9 Å². The molecular weight excluding hydrogens is 657 g/mol. The van der Waals surface area contributed by atoms with Gasteiger partial charge in [-0.2, -0.15) is 5.26 Å². The Morgan fingerprint density at radius 2 is 1.30 bits per heavy atom. The number of rotatable bonds is 8. The van der Waals surface area contributed by atoms with Crippen LogP contribution < -0.4 is 20.1 Å². The van der Waals surface area contributed by atoms with Crippen molar-refractivity contribution in [3.63, 3.8) is 0 Å². The Labute approximate surface area is 299 Å². The highest BCUT2D eigenvalue weighted by atomic mass is 35.5. The number of nitrogens with zero attached hydrogens (tertiary/aromatic N) is 3. The second-order valence-corrected chi connectivity index (χ2v) is 12.4. The number of carbonyl (C=O) groups is 2.